The molecule has 1 aliphatic heterocycles. The number of imide groups is 1. The smallest absolute Gasteiger partial charge is 0.233 e. The van der Waals surface area contributed by atoms with Crippen molar-refractivity contribution in [3.05, 3.63) is 60.2 Å². The lowest BCUT2D eigenvalue weighted by Gasteiger charge is -2.19. The Morgan fingerprint density at radius 3 is 2.20 bits per heavy atom. The Morgan fingerprint density at radius 1 is 0.933 bits per heavy atom. The van der Waals surface area contributed by atoms with Crippen LogP contribution in [0, 0.1) is 11.8 Å². The summed E-state index contributed by atoms with van der Waals surface area (Å²) in [5, 5.41) is 2.82. The largest absolute Gasteiger partial charge is 0.489 e. The molecule has 1 saturated carbocycles. The lowest BCUT2D eigenvalue weighted by atomic mass is 9.81. The van der Waals surface area contributed by atoms with Gasteiger partial charge in [0.05, 0.1) is 11.8 Å². The normalized spacial score (nSPS) is 20.7. The Kier molecular flexibility index (Phi) is 6.12. The molecule has 0 aromatic heterocycles. The van der Waals surface area contributed by atoms with Crippen LogP contribution in [0.1, 0.15) is 37.7 Å². The van der Waals surface area contributed by atoms with Gasteiger partial charge in [0.1, 0.15) is 12.4 Å². The maximum Gasteiger partial charge on any atom is 0.233 e. The van der Waals surface area contributed by atoms with E-state index in [1.165, 1.54) is 4.90 Å². The molecule has 2 fully saturated rings. The van der Waals surface area contributed by atoms with Crippen molar-refractivity contribution < 1.29 is 19.1 Å². The van der Waals surface area contributed by atoms with E-state index in [1.54, 1.807) is 24.3 Å². The number of fused-ring (bicyclic) bond motifs is 1. The van der Waals surface area contributed by atoms with Gasteiger partial charge in [-0.2, -0.15) is 0 Å². The minimum atomic E-state index is -0.219. The first kappa shape index (κ1) is 20.1. The summed E-state index contributed by atoms with van der Waals surface area (Å²) in [7, 11) is 0. The van der Waals surface area contributed by atoms with E-state index in [9.17, 15) is 14.4 Å². The van der Waals surface area contributed by atoms with Crippen molar-refractivity contribution in [2.75, 3.05) is 11.9 Å². The number of amides is 3. The minimum absolute atomic E-state index is 0.0996. The second-order valence-corrected chi connectivity index (χ2v) is 7.92. The molecule has 2 aromatic rings. The van der Waals surface area contributed by atoms with E-state index in [4.69, 9.17) is 4.74 Å². The molecule has 1 heterocycles. The van der Waals surface area contributed by atoms with Crippen molar-refractivity contribution in [1.29, 1.82) is 0 Å². The Hall–Kier alpha value is -3.15. The van der Waals surface area contributed by atoms with Crippen LogP contribution in [0.5, 0.6) is 5.75 Å². The maximum atomic E-state index is 12.5. The van der Waals surface area contributed by atoms with Crippen LogP contribution < -0.4 is 10.1 Å². The SMILES string of the molecule is O=C(CCN1C(=O)[C@@H]2CCCC[C@H]2C1=O)Nc1ccc(OCc2ccccc2)cc1. The third-order valence-corrected chi connectivity index (χ3v) is 5.88. The molecular weight excluding hydrogens is 380 g/mol. The first-order valence-electron chi connectivity index (χ1n) is 10.5. The Labute approximate surface area is 176 Å². The molecule has 4 rings (SSSR count). The molecule has 6 heteroatoms. The van der Waals surface area contributed by atoms with Gasteiger partial charge in [0.2, 0.25) is 17.7 Å². The second kappa shape index (κ2) is 9.11. The van der Waals surface area contributed by atoms with Crippen molar-refractivity contribution in [2.45, 2.75) is 38.7 Å². The van der Waals surface area contributed by atoms with Crippen LogP contribution in [0.3, 0.4) is 0 Å². The number of benzene rings is 2. The monoisotopic (exact) mass is 406 g/mol. The molecule has 2 aliphatic rings. The van der Waals surface area contributed by atoms with E-state index < -0.39 is 0 Å². The Bertz CT molecular complexity index is 887. The molecule has 0 radical (unpaired) electrons. The third-order valence-electron chi connectivity index (χ3n) is 5.88. The Balaban J connectivity index is 1.25. The third kappa shape index (κ3) is 4.53. The summed E-state index contributed by atoms with van der Waals surface area (Å²) in [6.45, 7) is 0.626. The maximum absolute atomic E-state index is 12.5. The van der Waals surface area contributed by atoms with Gasteiger partial charge in [-0.05, 0) is 42.7 Å². The molecule has 30 heavy (non-hydrogen) atoms. The number of hydrogen-bond donors (Lipinski definition) is 1. The standard InChI is InChI=1S/C24H26N2O4/c27-22(14-15-26-23(28)20-8-4-5-9-21(20)24(26)29)25-18-10-12-19(13-11-18)30-16-17-6-2-1-3-7-17/h1-3,6-7,10-13,20-21H,4-5,8-9,14-16H2,(H,25,27)/t20-,21-/m1/s1. The van der Waals surface area contributed by atoms with Gasteiger partial charge < -0.3 is 10.1 Å². The quantitative estimate of drug-likeness (QED) is 0.710. The topological polar surface area (TPSA) is 75.7 Å². The van der Waals surface area contributed by atoms with Gasteiger partial charge in [-0.3, -0.25) is 19.3 Å². The van der Waals surface area contributed by atoms with Gasteiger partial charge in [0, 0.05) is 18.7 Å². The molecule has 2 aromatic carbocycles. The zero-order valence-electron chi connectivity index (χ0n) is 16.9. The Morgan fingerprint density at radius 2 is 1.57 bits per heavy atom. The van der Waals surface area contributed by atoms with Gasteiger partial charge in [0.25, 0.3) is 0 Å². The number of hydrogen-bond acceptors (Lipinski definition) is 4. The summed E-state index contributed by atoms with van der Waals surface area (Å²) in [6, 6.07) is 17.1. The highest BCUT2D eigenvalue weighted by molar-refractivity contribution is 6.05. The van der Waals surface area contributed by atoms with E-state index >= 15 is 0 Å². The molecule has 2 atom stereocenters. The summed E-state index contributed by atoms with van der Waals surface area (Å²) in [5.41, 5.74) is 1.74. The fourth-order valence-corrected chi connectivity index (χ4v) is 4.26. The summed E-state index contributed by atoms with van der Waals surface area (Å²) in [4.78, 5) is 38.6. The van der Waals surface area contributed by atoms with Crippen LogP contribution in [0.15, 0.2) is 54.6 Å². The summed E-state index contributed by atoms with van der Waals surface area (Å²) >= 11 is 0. The predicted octanol–water partition coefficient (Wildman–Crippen LogP) is 3.77. The van der Waals surface area contributed by atoms with Crippen molar-refractivity contribution in [3.8, 4) is 5.75 Å². The summed E-state index contributed by atoms with van der Waals surface area (Å²) < 4.78 is 5.74. The van der Waals surface area contributed by atoms with Crippen LogP contribution >= 0.6 is 0 Å². The van der Waals surface area contributed by atoms with Gasteiger partial charge in [-0.25, -0.2) is 0 Å². The fraction of sp³-hybridized carbons (Fsp3) is 0.375. The van der Waals surface area contributed by atoms with Crippen molar-refractivity contribution in [1.82, 2.24) is 4.90 Å². The first-order valence-corrected chi connectivity index (χ1v) is 10.5. The number of nitrogens with zero attached hydrogens (tertiary/aromatic N) is 1. The number of rotatable bonds is 7. The number of ether oxygens (including phenoxy) is 1. The highest BCUT2D eigenvalue weighted by Crippen LogP contribution is 2.38. The van der Waals surface area contributed by atoms with Crippen LogP contribution in [0.4, 0.5) is 5.69 Å². The van der Waals surface area contributed by atoms with E-state index in [-0.39, 0.29) is 42.5 Å². The van der Waals surface area contributed by atoms with Crippen molar-refractivity contribution in [2.24, 2.45) is 11.8 Å². The van der Waals surface area contributed by atoms with Crippen molar-refractivity contribution >= 4 is 23.4 Å². The number of carbonyl (C=O) groups excluding carboxylic acids is 3. The molecule has 3 amide bonds. The number of likely N-dealkylation sites (tertiary alicyclic amines) is 1. The highest BCUT2D eigenvalue weighted by Gasteiger charge is 2.47. The molecule has 1 saturated heterocycles. The van der Waals surface area contributed by atoms with Crippen LogP contribution in [-0.4, -0.2) is 29.2 Å². The van der Waals surface area contributed by atoms with Gasteiger partial charge in [-0.15, -0.1) is 0 Å². The zero-order valence-corrected chi connectivity index (χ0v) is 16.9. The predicted molar refractivity (Wildman–Crippen MR) is 113 cm³/mol. The lowest BCUT2D eigenvalue weighted by Crippen LogP contribution is -2.34. The number of carbonyl (C=O) groups is 3. The highest BCUT2D eigenvalue weighted by atomic mass is 16.5. The second-order valence-electron chi connectivity index (χ2n) is 7.92. The first-order chi connectivity index (χ1) is 14.6. The van der Waals surface area contributed by atoms with E-state index in [0.717, 1.165) is 31.2 Å². The van der Waals surface area contributed by atoms with Gasteiger partial charge >= 0.3 is 0 Å². The van der Waals surface area contributed by atoms with Gasteiger partial charge in [0.15, 0.2) is 0 Å². The zero-order chi connectivity index (χ0) is 20.9. The minimum Gasteiger partial charge on any atom is -0.489 e. The molecular formula is C24H26N2O4. The lowest BCUT2D eigenvalue weighted by molar-refractivity contribution is -0.140. The molecule has 0 unspecified atom stereocenters. The molecule has 156 valence electrons. The van der Waals surface area contributed by atoms with Crippen LogP contribution in [0.2, 0.25) is 0 Å². The van der Waals surface area contributed by atoms with Gasteiger partial charge in [-0.1, -0.05) is 43.2 Å². The molecule has 6 nitrogen and oxygen atoms in total. The van der Waals surface area contributed by atoms with Crippen LogP contribution in [-0.2, 0) is 21.0 Å². The average Bonchev–Trinajstić information content (AvgIpc) is 3.02. The molecule has 1 aliphatic carbocycles. The fourth-order valence-electron chi connectivity index (χ4n) is 4.26. The van der Waals surface area contributed by atoms with Crippen molar-refractivity contribution in [3.63, 3.8) is 0 Å². The summed E-state index contributed by atoms with van der Waals surface area (Å²) in [5.74, 6) is -0.0403. The van der Waals surface area contributed by atoms with E-state index in [0.29, 0.717) is 18.0 Å². The van der Waals surface area contributed by atoms with E-state index in [1.807, 2.05) is 30.3 Å². The molecule has 0 bridgehead atoms. The van der Waals surface area contributed by atoms with Crippen LogP contribution in [0.25, 0.3) is 0 Å². The number of anilines is 1. The summed E-state index contributed by atoms with van der Waals surface area (Å²) in [6.07, 6.45) is 3.68. The average molecular weight is 406 g/mol. The molecule has 1 N–H and O–H groups in total. The number of nitrogens with one attached hydrogen (secondary N) is 1. The molecule has 0 spiro atoms. The van der Waals surface area contributed by atoms with E-state index in [2.05, 4.69) is 5.32 Å².